The third-order valence-corrected chi connectivity index (χ3v) is 2.95. The molecule has 1 rings (SSSR count). The molecule has 2 N–H and O–H groups in total. The Morgan fingerprint density at radius 2 is 1.80 bits per heavy atom. The van der Waals surface area contributed by atoms with E-state index in [2.05, 4.69) is 72.7 Å². The van der Waals surface area contributed by atoms with E-state index in [0.29, 0.717) is 5.92 Å². The molecule has 112 valence electrons. The maximum atomic E-state index is 4.25. The molecule has 0 radical (unpaired) electrons. The van der Waals surface area contributed by atoms with Gasteiger partial charge >= 0.3 is 0 Å². The van der Waals surface area contributed by atoms with E-state index in [-0.39, 0.29) is 0 Å². The summed E-state index contributed by atoms with van der Waals surface area (Å²) in [4.78, 5) is 6.43. The van der Waals surface area contributed by atoms with Crippen LogP contribution in [-0.2, 0) is 13.1 Å². The molecule has 0 saturated carbocycles. The molecule has 4 heteroatoms. The smallest absolute Gasteiger partial charge is 0.191 e. The minimum absolute atomic E-state index is 0.606. The summed E-state index contributed by atoms with van der Waals surface area (Å²) in [6.07, 6.45) is 0. The second-order valence-electron chi connectivity index (χ2n) is 5.71. The highest BCUT2D eigenvalue weighted by molar-refractivity contribution is 5.79. The lowest BCUT2D eigenvalue weighted by Gasteiger charge is -2.17. The number of guanidine groups is 1. The molecule has 0 atom stereocenters. The maximum absolute atomic E-state index is 4.25. The van der Waals surface area contributed by atoms with E-state index in [4.69, 9.17) is 0 Å². The first-order chi connectivity index (χ1) is 9.52. The largest absolute Gasteiger partial charge is 0.356 e. The Labute approximate surface area is 123 Å². The first-order valence-corrected chi connectivity index (χ1v) is 7.19. The number of benzene rings is 1. The van der Waals surface area contributed by atoms with Crippen molar-refractivity contribution in [3.8, 4) is 0 Å². The van der Waals surface area contributed by atoms with Crippen molar-refractivity contribution < 1.29 is 0 Å². The van der Waals surface area contributed by atoms with E-state index >= 15 is 0 Å². The summed E-state index contributed by atoms with van der Waals surface area (Å²) in [7, 11) is 5.99. The lowest BCUT2D eigenvalue weighted by atomic mass is 10.1. The lowest BCUT2D eigenvalue weighted by Crippen LogP contribution is -2.38. The van der Waals surface area contributed by atoms with Crippen LogP contribution in [0.25, 0.3) is 0 Å². The molecule has 0 spiro atoms. The van der Waals surface area contributed by atoms with Gasteiger partial charge in [0.15, 0.2) is 5.96 Å². The zero-order valence-electron chi connectivity index (χ0n) is 13.4. The van der Waals surface area contributed by atoms with Gasteiger partial charge in [-0.2, -0.15) is 0 Å². The predicted molar refractivity (Wildman–Crippen MR) is 86.9 cm³/mol. The fourth-order valence-corrected chi connectivity index (χ4v) is 1.93. The molecule has 20 heavy (non-hydrogen) atoms. The van der Waals surface area contributed by atoms with E-state index in [9.17, 15) is 0 Å². The van der Waals surface area contributed by atoms with Crippen molar-refractivity contribution in [1.82, 2.24) is 15.5 Å². The van der Waals surface area contributed by atoms with Gasteiger partial charge in [0.05, 0.1) is 0 Å². The third kappa shape index (κ3) is 6.06. The number of hydrogen-bond acceptors (Lipinski definition) is 2. The van der Waals surface area contributed by atoms with Crippen LogP contribution in [0.1, 0.15) is 25.0 Å². The fraction of sp³-hybridized carbons (Fsp3) is 0.562. The first-order valence-electron chi connectivity index (χ1n) is 7.19. The van der Waals surface area contributed by atoms with Crippen molar-refractivity contribution >= 4 is 5.96 Å². The van der Waals surface area contributed by atoms with Crippen LogP contribution < -0.4 is 10.6 Å². The van der Waals surface area contributed by atoms with Crippen LogP contribution >= 0.6 is 0 Å². The average molecular weight is 276 g/mol. The molecule has 0 aliphatic heterocycles. The lowest BCUT2D eigenvalue weighted by molar-refractivity contribution is 0.400. The Balaban J connectivity index is 2.59. The van der Waals surface area contributed by atoms with Crippen LogP contribution in [0.15, 0.2) is 29.3 Å². The van der Waals surface area contributed by atoms with E-state index < -0.39 is 0 Å². The standard InChI is InChI=1S/C16H28N4/c1-13(2)10-18-16(17-3)19-11-14-8-6-7-9-15(14)12-20(4)5/h6-9,13H,10-12H2,1-5H3,(H2,17,18,19). The second kappa shape index (κ2) is 8.59. The zero-order chi connectivity index (χ0) is 15.0. The molecule has 0 heterocycles. The van der Waals surface area contributed by atoms with Gasteiger partial charge in [0, 0.05) is 26.7 Å². The van der Waals surface area contributed by atoms with Crippen LogP contribution in [0.4, 0.5) is 0 Å². The topological polar surface area (TPSA) is 39.7 Å². The van der Waals surface area contributed by atoms with Crippen molar-refractivity contribution in [2.45, 2.75) is 26.9 Å². The monoisotopic (exact) mass is 276 g/mol. The molecule has 0 saturated heterocycles. The molecule has 1 aromatic carbocycles. The highest BCUT2D eigenvalue weighted by atomic mass is 15.2. The summed E-state index contributed by atoms with van der Waals surface area (Å²) in [5, 5.41) is 6.70. The quantitative estimate of drug-likeness (QED) is 0.617. The summed E-state index contributed by atoms with van der Waals surface area (Å²) in [5.74, 6) is 1.47. The minimum Gasteiger partial charge on any atom is -0.356 e. The predicted octanol–water partition coefficient (Wildman–Crippen LogP) is 2.07. The molecule has 1 aromatic rings. The van der Waals surface area contributed by atoms with E-state index in [0.717, 1.165) is 25.6 Å². The fourth-order valence-electron chi connectivity index (χ4n) is 1.93. The molecule has 0 aromatic heterocycles. The van der Waals surface area contributed by atoms with Crippen molar-refractivity contribution in [3.05, 3.63) is 35.4 Å². The van der Waals surface area contributed by atoms with Crippen LogP contribution in [0.3, 0.4) is 0 Å². The maximum Gasteiger partial charge on any atom is 0.191 e. The SMILES string of the molecule is CN=C(NCc1ccccc1CN(C)C)NCC(C)C. The van der Waals surface area contributed by atoms with Crippen LogP contribution in [-0.4, -0.2) is 38.5 Å². The molecule has 0 aliphatic carbocycles. The normalized spacial score (nSPS) is 12.1. The highest BCUT2D eigenvalue weighted by Crippen LogP contribution is 2.10. The summed E-state index contributed by atoms with van der Waals surface area (Å²) >= 11 is 0. The number of nitrogens with one attached hydrogen (secondary N) is 2. The van der Waals surface area contributed by atoms with Gasteiger partial charge in [0.25, 0.3) is 0 Å². The van der Waals surface area contributed by atoms with Gasteiger partial charge < -0.3 is 15.5 Å². The highest BCUT2D eigenvalue weighted by Gasteiger charge is 2.04. The Morgan fingerprint density at radius 3 is 2.35 bits per heavy atom. The van der Waals surface area contributed by atoms with Gasteiger partial charge in [0.2, 0.25) is 0 Å². The van der Waals surface area contributed by atoms with Crippen LogP contribution in [0, 0.1) is 5.92 Å². The van der Waals surface area contributed by atoms with E-state index in [1.165, 1.54) is 11.1 Å². The molecule has 0 fully saturated rings. The van der Waals surface area contributed by atoms with Crippen LogP contribution in [0.5, 0.6) is 0 Å². The zero-order valence-corrected chi connectivity index (χ0v) is 13.4. The second-order valence-corrected chi connectivity index (χ2v) is 5.71. The molecular weight excluding hydrogens is 248 g/mol. The van der Waals surface area contributed by atoms with Gasteiger partial charge in [-0.3, -0.25) is 4.99 Å². The van der Waals surface area contributed by atoms with Crippen molar-refractivity contribution in [1.29, 1.82) is 0 Å². The third-order valence-electron chi connectivity index (χ3n) is 2.95. The number of rotatable bonds is 6. The number of aliphatic imine (C=N–C) groups is 1. The Bertz CT molecular complexity index is 424. The summed E-state index contributed by atoms with van der Waals surface area (Å²) < 4.78 is 0. The van der Waals surface area contributed by atoms with Crippen molar-refractivity contribution in [2.75, 3.05) is 27.7 Å². The Hall–Kier alpha value is -1.55. The molecule has 0 aliphatic rings. The van der Waals surface area contributed by atoms with E-state index in [1.54, 1.807) is 7.05 Å². The first kappa shape index (κ1) is 16.5. The average Bonchev–Trinajstić information content (AvgIpc) is 2.39. The summed E-state index contributed by atoms with van der Waals surface area (Å²) in [6, 6.07) is 8.53. The summed E-state index contributed by atoms with van der Waals surface area (Å²) in [5.41, 5.74) is 2.66. The Kier molecular flexibility index (Phi) is 7.09. The molecule has 0 bridgehead atoms. The van der Waals surface area contributed by atoms with E-state index in [1.807, 2.05) is 0 Å². The Morgan fingerprint density at radius 1 is 1.15 bits per heavy atom. The van der Waals surface area contributed by atoms with Gasteiger partial charge in [-0.1, -0.05) is 38.1 Å². The molecule has 4 nitrogen and oxygen atoms in total. The number of nitrogens with zero attached hydrogens (tertiary/aromatic N) is 2. The molecule has 0 amide bonds. The molecule has 0 unspecified atom stereocenters. The van der Waals surface area contributed by atoms with Crippen LogP contribution in [0.2, 0.25) is 0 Å². The molecular formula is C16H28N4. The van der Waals surface area contributed by atoms with Gasteiger partial charge in [-0.05, 0) is 31.1 Å². The van der Waals surface area contributed by atoms with Crippen molar-refractivity contribution in [3.63, 3.8) is 0 Å². The van der Waals surface area contributed by atoms with Crippen molar-refractivity contribution in [2.24, 2.45) is 10.9 Å². The van der Waals surface area contributed by atoms with Gasteiger partial charge in [-0.15, -0.1) is 0 Å². The van der Waals surface area contributed by atoms with Gasteiger partial charge in [-0.25, -0.2) is 0 Å². The minimum atomic E-state index is 0.606. The summed E-state index contributed by atoms with van der Waals surface area (Å²) in [6.45, 7) is 7.05. The van der Waals surface area contributed by atoms with Gasteiger partial charge in [0.1, 0.15) is 0 Å². The number of hydrogen-bond donors (Lipinski definition) is 2.